The normalized spacial score (nSPS) is 28.0. The highest BCUT2D eigenvalue weighted by Crippen LogP contribution is 2.57. The number of aryl methyl sites for hydroxylation is 1. The predicted molar refractivity (Wildman–Crippen MR) is 56.5 cm³/mol. The Balaban J connectivity index is 1.60. The largest absolute Gasteiger partial charge is 0.339 e. The van der Waals surface area contributed by atoms with E-state index in [1.165, 1.54) is 25.7 Å². The Hall–Kier alpha value is -0.860. The maximum absolute atomic E-state index is 5.28. The van der Waals surface area contributed by atoms with Crippen LogP contribution in [0, 0.1) is 11.3 Å². The molecule has 0 amide bonds. The Morgan fingerprint density at radius 3 is 2.73 bits per heavy atom. The molecule has 0 radical (unpaired) electrons. The first kappa shape index (κ1) is 9.37. The van der Waals surface area contributed by atoms with Crippen LogP contribution in [0.3, 0.4) is 0 Å². The predicted octanol–water partition coefficient (Wildman–Crippen LogP) is 2.93. The SMILES string of the molecule is CC1(C)CC1c1noc(CCC2CC2)n1. The molecule has 2 aliphatic carbocycles. The molecule has 0 N–H and O–H groups in total. The molecule has 15 heavy (non-hydrogen) atoms. The molecule has 0 bridgehead atoms. The van der Waals surface area contributed by atoms with Gasteiger partial charge in [-0.25, -0.2) is 0 Å². The number of hydrogen-bond donors (Lipinski definition) is 0. The number of rotatable bonds is 4. The van der Waals surface area contributed by atoms with Gasteiger partial charge in [0.25, 0.3) is 0 Å². The summed E-state index contributed by atoms with van der Waals surface area (Å²) in [7, 11) is 0. The molecular formula is C12H18N2O. The highest BCUT2D eigenvalue weighted by Gasteiger charge is 2.49. The summed E-state index contributed by atoms with van der Waals surface area (Å²) in [6.45, 7) is 4.52. The van der Waals surface area contributed by atoms with Gasteiger partial charge in [-0.05, 0) is 24.2 Å². The van der Waals surface area contributed by atoms with Gasteiger partial charge in [-0.3, -0.25) is 0 Å². The van der Waals surface area contributed by atoms with Crippen LogP contribution < -0.4 is 0 Å². The second-order valence-electron chi connectivity index (χ2n) is 5.77. The van der Waals surface area contributed by atoms with E-state index in [0.29, 0.717) is 11.3 Å². The highest BCUT2D eigenvalue weighted by atomic mass is 16.5. The fourth-order valence-electron chi connectivity index (χ4n) is 2.15. The van der Waals surface area contributed by atoms with Gasteiger partial charge in [0.2, 0.25) is 5.89 Å². The van der Waals surface area contributed by atoms with Crippen molar-refractivity contribution in [1.29, 1.82) is 0 Å². The lowest BCUT2D eigenvalue weighted by molar-refractivity contribution is 0.366. The molecule has 2 saturated carbocycles. The molecule has 0 saturated heterocycles. The third-order valence-electron chi connectivity index (χ3n) is 3.77. The van der Waals surface area contributed by atoms with Crippen LogP contribution in [0.2, 0.25) is 0 Å². The van der Waals surface area contributed by atoms with Crippen molar-refractivity contribution in [1.82, 2.24) is 10.1 Å². The van der Waals surface area contributed by atoms with E-state index < -0.39 is 0 Å². The molecule has 0 spiro atoms. The van der Waals surface area contributed by atoms with E-state index in [9.17, 15) is 0 Å². The van der Waals surface area contributed by atoms with Crippen molar-refractivity contribution in [3.63, 3.8) is 0 Å². The zero-order valence-electron chi connectivity index (χ0n) is 9.49. The molecular weight excluding hydrogens is 188 g/mol. The maximum atomic E-state index is 5.28. The molecule has 1 heterocycles. The Morgan fingerprint density at radius 2 is 2.13 bits per heavy atom. The van der Waals surface area contributed by atoms with Gasteiger partial charge in [0.1, 0.15) is 0 Å². The van der Waals surface area contributed by atoms with Crippen LogP contribution in [-0.2, 0) is 6.42 Å². The fourth-order valence-corrected chi connectivity index (χ4v) is 2.15. The van der Waals surface area contributed by atoms with E-state index in [2.05, 4.69) is 24.0 Å². The van der Waals surface area contributed by atoms with E-state index in [1.54, 1.807) is 0 Å². The topological polar surface area (TPSA) is 38.9 Å². The smallest absolute Gasteiger partial charge is 0.226 e. The summed E-state index contributed by atoms with van der Waals surface area (Å²) in [5, 5.41) is 4.09. The first-order chi connectivity index (χ1) is 7.15. The van der Waals surface area contributed by atoms with Gasteiger partial charge in [0, 0.05) is 12.3 Å². The second-order valence-corrected chi connectivity index (χ2v) is 5.77. The molecule has 3 heteroatoms. The van der Waals surface area contributed by atoms with Crippen molar-refractivity contribution in [2.45, 2.75) is 51.9 Å². The van der Waals surface area contributed by atoms with Crippen LogP contribution in [0.1, 0.15) is 57.2 Å². The number of nitrogens with zero attached hydrogens (tertiary/aromatic N) is 2. The molecule has 1 aromatic rings. The second kappa shape index (κ2) is 3.06. The third-order valence-corrected chi connectivity index (χ3v) is 3.77. The monoisotopic (exact) mass is 206 g/mol. The molecule has 82 valence electrons. The summed E-state index contributed by atoms with van der Waals surface area (Å²) >= 11 is 0. The highest BCUT2D eigenvalue weighted by molar-refractivity contribution is 5.14. The van der Waals surface area contributed by atoms with Crippen LogP contribution in [0.25, 0.3) is 0 Å². The molecule has 0 aliphatic heterocycles. The van der Waals surface area contributed by atoms with Gasteiger partial charge in [-0.15, -0.1) is 0 Å². The minimum atomic E-state index is 0.400. The summed E-state index contributed by atoms with van der Waals surface area (Å²) in [4.78, 5) is 4.49. The first-order valence-corrected chi connectivity index (χ1v) is 5.97. The van der Waals surface area contributed by atoms with E-state index in [1.807, 2.05) is 0 Å². The van der Waals surface area contributed by atoms with E-state index in [4.69, 9.17) is 4.52 Å². The molecule has 3 rings (SSSR count). The van der Waals surface area contributed by atoms with E-state index in [-0.39, 0.29) is 0 Å². The quantitative estimate of drug-likeness (QED) is 0.760. The fraction of sp³-hybridized carbons (Fsp3) is 0.833. The van der Waals surface area contributed by atoms with Crippen molar-refractivity contribution in [3.05, 3.63) is 11.7 Å². The van der Waals surface area contributed by atoms with Crippen LogP contribution in [-0.4, -0.2) is 10.1 Å². The zero-order valence-corrected chi connectivity index (χ0v) is 9.49. The van der Waals surface area contributed by atoms with Crippen molar-refractivity contribution in [3.8, 4) is 0 Å². The minimum Gasteiger partial charge on any atom is -0.339 e. The molecule has 1 unspecified atom stereocenters. The van der Waals surface area contributed by atoms with Crippen molar-refractivity contribution >= 4 is 0 Å². The summed E-state index contributed by atoms with van der Waals surface area (Å²) < 4.78 is 5.28. The lowest BCUT2D eigenvalue weighted by atomic mass is 10.1. The van der Waals surface area contributed by atoms with Gasteiger partial charge >= 0.3 is 0 Å². The lowest BCUT2D eigenvalue weighted by Gasteiger charge is -1.95. The van der Waals surface area contributed by atoms with Crippen molar-refractivity contribution < 1.29 is 4.52 Å². The van der Waals surface area contributed by atoms with Crippen LogP contribution in [0.4, 0.5) is 0 Å². The maximum Gasteiger partial charge on any atom is 0.226 e. The van der Waals surface area contributed by atoms with Gasteiger partial charge in [-0.1, -0.05) is 31.8 Å². The summed E-state index contributed by atoms with van der Waals surface area (Å²) in [6, 6.07) is 0. The van der Waals surface area contributed by atoms with Crippen molar-refractivity contribution in [2.75, 3.05) is 0 Å². The van der Waals surface area contributed by atoms with Crippen molar-refractivity contribution in [2.24, 2.45) is 11.3 Å². The first-order valence-electron chi connectivity index (χ1n) is 5.97. The Morgan fingerprint density at radius 1 is 1.40 bits per heavy atom. The molecule has 3 nitrogen and oxygen atoms in total. The van der Waals surface area contributed by atoms with E-state index in [0.717, 1.165) is 24.1 Å². The number of aromatic nitrogens is 2. The van der Waals surface area contributed by atoms with Gasteiger partial charge < -0.3 is 4.52 Å². The van der Waals surface area contributed by atoms with Gasteiger partial charge in [-0.2, -0.15) is 4.98 Å². The van der Waals surface area contributed by atoms with Crippen LogP contribution in [0.5, 0.6) is 0 Å². The Kier molecular flexibility index (Phi) is 1.91. The van der Waals surface area contributed by atoms with Gasteiger partial charge in [0.15, 0.2) is 5.82 Å². The number of hydrogen-bond acceptors (Lipinski definition) is 3. The average Bonchev–Trinajstić information content (AvgIpc) is 3.06. The Labute approximate surface area is 90.3 Å². The molecule has 2 aliphatic rings. The lowest BCUT2D eigenvalue weighted by Crippen LogP contribution is -1.93. The zero-order chi connectivity index (χ0) is 10.5. The summed E-state index contributed by atoms with van der Waals surface area (Å²) in [5.74, 6) is 3.26. The standard InChI is InChI=1S/C12H18N2O/c1-12(2)7-9(12)11-13-10(15-14-11)6-5-8-3-4-8/h8-9H,3-7H2,1-2H3. The third kappa shape index (κ3) is 1.92. The van der Waals surface area contributed by atoms with Crippen LogP contribution in [0.15, 0.2) is 4.52 Å². The molecule has 1 aromatic heterocycles. The minimum absolute atomic E-state index is 0.400. The Bertz CT molecular complexity index is 365. The van der Waals surface area contributed by atoms with Crippen LogP contribution >= 0.6 is 0 Å². The molecule has 2 fully saturated rings. The average molecular weight is 206 g/mol. The van der Waals surface area contributed by atoms with E-state index >= 15 is 0 Å². The van der Waals surface area contributed by atoms with Gasteiger partial charge in [0.05, 0.1) is 0 Å². The molecule has 1 atom stereocenters. The molecule has 0 aromatic carbocycles. The summed E-state index contributed by atoms with van der Waals surface area (Å²) in [6.07, 6.45) is 6.21. The summed E-state index contributed by atoms with van der Waals surface area (Å²) in [5.41, 5.74) is 0.400.